The molecule has 0 fully saturated rings. The molecular formula is C18H17BrN4O3. The van der Waals surface area contributed by atoms with Gasteiger partial charge in [-0.2, -0.15) is 0 Å². The fraction of sp³-hybridized carbons (Fsp3) is 0.222. The Bertz CT molecular complexity index is 949. The summed E-state index contributed by atoms with van der Waals surface area (Å²) in [6.45, 7) is 2.00. The smallest absolute Gasteiger partial charge is 0.331 e. The number of nitrogens with zero attached hydrogens (tertiary/aromatic N) is 3. The fourth-order valence-corrected chi connectivity index (χ4v) is 2.74. The molecule has 0 saturated carbocycles. The number of rotatable bonds is 6. The molecule has 0 saturated heterocycles. The Morgan fingerprint density at radius 2 is 2.08 bits per heavy atom. The number of nitrogens with one attached hydrogen (secondary N) is 1. The monoisotopic (exact) mass is 416 g/mol. The SMILES string of the molecule is COC(=O)COCc1cnc(C)cc1Nc1ncnc2ccc(Br)cc12. The van der Waals surface area contributed by atoms with E-state index in [0.717, 1.165) is 32.3 Å². The number of aromatic nitrogens is 3. The number of aryl methyl sites for hydroxylation is 1. The zero-order chi connectivity index (χ0) is 18.5. The molecule has 7 nitrogen and oxygen atoms in total. The lowest BCUT2D eigenvalue weighted by molar-refractivity contribution is -0.146. The third-order valence-electron chi connectivity index (χ3n) is 3.68. The highest BCUT2D eigenvalue weighted by Crippen LogP contribution is 2.27. The van der Waals surface area contributed by atoms with E-state index in [1.807, 2.05) is 31.2 Å². The summed E-state index contributed by atoms with van der Waals surface area (Å²) in [5.41, 5.74) is 3.30. The molecule has 2 heterocycles. The molecule has 2 aromatic heterocycles. The molecule has 0 amide bonds. The predicted molar refractivity (Wildman–Crippen MR) is 101 cm³/mol. The van der Waals surface area contributed by atoms with Gasteiger partial charge in [0.15, 0.2) is 0 Å². The van der Waals surface area contributed by atoms with Gasteiger partial charge in [-0.25, -0.2) is 14.8 Å². The average molecular weight is 417 g/mol. The summed E-state index contributed by atoms with van der Waals surface area (Å²) >= 11 is 3.48. The van der Waals surface area contributed by atoms with Gasteiger partial charge in [-0.05, 0) is 31.2 Å². The number of esters is 1. The number of halogens is 1. The van der Waals surface area contributed by atoms with Gasteiger partial charge < -0.3 is 14.8 Å². The van der Waals surface area contributed by atoms with Crippen LogP contribution in [0.2, 0.25) is 0 Å². The standard InChI is InChI=1S/C18H17BrN4O3/c1-11-5-16(12(7-20-11)8-26-9-17(24)25-2)23-18-14-6-13(19)3-4-15(14)21-10-22-18/h3-7,10H,8-9H2,1-2H3,(H,20,21,22,23). The predicted octanol–water partition coefficient (Wildman–Crippen LogP) is 3.53. The largest absolute Gasteiger partial charge is 0.467 e. The van der Waals surface area contributed by atoms with Crippen LogP contribution in [0, 0.1) is 6.92 Å². The lowest BCUT2D eigenvalue weighted by atomic mass is 10.2. The number of hydrogen-bond acceptors (Lipinski definition) is 7. The maximum Gasteiger partial charge on any atom is 0.331 e. The summed E-state index contributed by atoms with van der Waals surface area (Å²) in [5.74, 6) is 0.252. The molecule has 3 aromatic rings. The van der Waals surface area contributed by atoms with Crippen molar-refractivity contribution in [1.82, 2.24) is 15.0 Å². The Kier molecular flexibility index (Phi) is 5.75. The van der Waals surface area contributed by atoms with Crippen LogP contribution >= 0.6 is 15.9 Å². The molecule has 26 heavy (non-hydrogen) atoms. The molecule has 0 bridgehead atoms. The van der Waals surface area contributed by atoms with Crippen LogP contribution in [0.1, 0.15) is 11.3 Å². The maximum absolute atomic E-state index is 11.2. The number of hydrogen-bond donors (Lipinski definition) is 1. The van der Waals surface area contributed by atoms with E-state index in [2.05, 4.69) is 40.9 Å². The van der Waals surface area contributed by atoms with Crippen molar-refractivity contribution in [2.24, 2.45) is 0 Å². The van der Waals surface area contributed by atoms with Crippen LogP contribution in [-0.2, 0) is 20.9 Å². The molecule has 0 atom stereocenters. The van der Waals surface area contributed by atoms with Crippen molar-refractivity contribution in [2.45, 2.75) is 13.5 Å². The van der Waals surface area contributed by atoms with E-state index in [1.165, 1.54) is 13.4 Å². The lowest BCUT2D eigenvalue weighted by Gasteiger charge is -2.13. The Morgan fingerprint density at radius 1 is 1.23 bits per heavy atom. The molecule has 134 valence electrons. The second-order valence-corrected chi connectivity index (χ2v) is 6.48. The quantitative estimate of drug-likeness (QED) is 0.614. The second-order valence-electron chi connectivity index (χ2n) is 5.56. The molecule has 1 aromatic carbocycles. The Morgan fingerprint density at radius 3 is 2.88 bits per heavy atom. The van der Waals surface area contributed by atoms with E-state index in [9.17, 15) is 4.79 Å². The van der Waals surface area contributed by atoms with Crippen molar-refractivity contribution in [2.75, 3.05) is 19.0 Å². The van der Waals surface area contributed by atoms with Gasteiger partial charge in [-0.3, -0.25) is 4.98 Å². The Balaban J connectivity index is 1.88. The van der Waals surface area contributed by atoms with Crippen molar-refractivity contribution in [3.8, 4) is 0 Å². The van der Waals surface area contributed by atoms with E-state index in [1.54, 1.807) is 6.20 Å². The minimum atomic E-state index is -0.425. The fourth-order valence-electron chi connectivity index (χ4n) is 2.38. The topological polar surface area (TPSA) is 86.2 Å². The number of ether oxygens (including phenoxy) is 2. The first-order valence-corrected chi connectivity index (χ1v) is 8.63. The van der Waals surface area contributed by atoms with Crippen LogP contribution in [0.15, 0.2) is 41.3 Å². The van der Waals surface area contributed by atoms with Crippen LogP contribution in [0.25, 0.3) is 10.9 Å². The van der Waals surface area contributed by atoms with Gasteiger partial charge in [0.2, 0.25) is 0 Å². The zero-order valence-corrected chi connectivity index (χ0v) is 15.9. The summed E-state index contributed by atoms with van der Waals surface area (Å²) in [5, 5.41) is 4.21. The molecule has 1 N–H and O–H groups in total. The highest BCUT2D eigenvalue weighted by Gasteiger charge is 2.10. The first-order valence-electron chi connectivity index (χ1n) is 7.84. The molecule has 0 unspecified atom stereocenters. The number of pyridine rings is 1. The number of methoxy groups -OCH3 is 1. The second kappa shape index (κ2) is 8.20. The third-order valence-corrected chi connectivity index (χ3v) is 4.17. The summed E-state index contributed by atoms with van der Waals surface area (Å²) in [7, 11) is 1.32. The van der Waals surface area contributed by atoms with Crippen LogP contribution in [0.4, 0.5) is 11.5 Å². The average Bonchev–Trinajstić information content (AvgIpc) is 2.63. The van der Waals surface area contributed by atoms with Crippen molar-refractivity contribution in [3.63, 3.8) is 0 Å². The van der Waals surface area contributed by atoms with Gasteiger partial charge in [0.1, 0.15) is 18.8 Å². The number of carbonyl (C=O) groups excluding carboxylic acids is 1. The van der Waals surface area contributed by atoms with Gasteiger partial charge >= 0.3 is 5.97 Å². The van der Waals surface area contributed by atoms with Crippen molar-refractivity contribution >= 4 is 44.3 Å². The number of anilines is 2. The summed E-state index contributed by atoms with van der Waals surface area (Å²) in [6.07, 6.45) is 3.23. The Hall–Kier alpha value is -2.58. The minimum absolute atomic E-state index is 0.118. The zero-order valence-electron chi connectivity index (χ0n) is 14.3. The van der Waals surface area contributed by atoms with Crippen LogP contribution < -0.4 is 5.32 Å². The van der Waals surface area contributed by atoms with Crippen LogP contribution in [0.3, 0.4) is 0 Å². The van der Waals surface area contributed by atoms with Crippen LogP contribution in [-0.4, -0.2) is 34.6 Å². The van der Waals surface area contributed by atoms with Gasteiger partial charge in [0, 0.05) is 33.0 Å². The van der Waals surface area contributed by atoms with E-state index in [0.29, 0.717) is 5.82 Å². The lowest BCUT2D eigenvalue weighted by Crippen LogP contribution is -2.11. The summed E-state index contributed by atoms with van der Waals surface area (Å²) in [4.78, 5) is 24.1. The molecular weight excluding hydrogens is 400 g/mol. The molecule has 8 heteroatoms. The normalized spacial score (nSPS) is 10.7. The van der Waals surface area contributed by atoms with Crippen molar-refractivity contribution < 1.29 is 14.3 Å². The number of carbonyl (C=O) groups is 1. The molecule has 3 rings (SSSR count). The van der Waals surface area contributed by atoms with Crippen molar-refractivity contribution in [3.05, 3.63) is 52.5 Å². The van der Waals surface area contributed by atoms with E-state index >= 15 is 0 Å². The van der Waals surface area contributed by atoms with Crippen LogP contribution in [0.5, 0.6) is 0 Å². The molecule has 0 aliphatic rings. The van der Waals surface area contributed by atoms with Gasteiger partial charge in [-0.1, -0.05) is 15.9 Å². The highest BCUT2D eigenvalue weighted by molar-refractivity contribution is 9.10. The molecule has 0 aliphatic carbocycles. The first kappa shape index (κ1) is 18.2. The number of fused-ring (bicyclic) bond motifs is 1. The third kappa shape index (κ3) is 4.33. The number of benzene rings is 1. The minimum Gasteiger partial charge on any atom is -0.467 e. The molecule has 0 spiro atoms. The van der Waals surface area contributed by atoms with Gasteiger partial charge in [0.05, 0.1) is 19.2 Å². The van der Waals surface area contributed by atoms with Gasteiger partial charge in [0.25, 0.3) is 0 Å². The summed E-state index contributed by atoms with van der Waals surface area (Å²) in [6, 6.07) is 7.72. The van der Waals surface area contributed by atoms with E-state index in [4.69, 9.17) is 4.74 Å². The first-order chi connectivity index (χ1) is 12.6. The maximum atomic E-state index is 11.2. The van der Waals surface area contributed by atoms with Crippen molar-refractivity contribution in [1.29, 1.82) is 0 Å². The Labute approximate surface area is 158 Å². The van der Waals surface area contributed by atoms with Gasteiger partial charge in [-0.15, -0.1) is 0 Å². The van der Waals surface area contributed by atoms with E-state index in [-0.39, 0.29) is 13.2 Å². The molecule has 0 aliphatic heterocycles. The molecule has 0 radical (unpaired) electrons. The highest BCUT2D eigenvalue weighted by atomic mass is 79.9. The summed E-state index contributed by atoms with van der Waals surface area (Å²) < 4.78 is 10.9. The van der Waals surface area contributed by atoms with E-state index < -0.39 is 5.97 Å².